The largest absolute Gasteiger partial charge is 0.497 e. The Morgan fingerprint density at radius 1 is 0.963 bits per heavy atom. The zero-order chi connectivity index (χ0) is 19.4. The number of aryl methyl sites for hydroxylation is 1. The summed E-state index contributed by atoms with van der Waals surface area (Å²) in [6.45, 7) is 1.99. The van der Waals surface area contributed by atoms with E-state index in [4.69, 9.17) is 19.2 Å². The van der Waals surface area contributed by atoms with Gasteiger partial charge in [-0.2, -0.15) is 0 Å². The number of nitrogens with zero attached hydrogens (tertiary/aromatic N) is 1. The van der Waals surface area contributed by atoms with E-state index in [1.807, 2.05) is 25.1 Å². The molecule has 0 bridgehead atoms. The third kappa shape index (κ3) is 4.17. The predicted molar refractivity (Wildman–Crippen MR) is 108 cm³/mol. The monoisotopic (exact) mass is 383 g/mol. The molecular formula is C21H21NO4S. The highest BCUT2D eigenvalue weighted by Gasteiger charge is 2.15. The molecule has 0 saturated carbocycles. The average molecular weight is 383 g/mol. The Morgan fingerprint density at radius 2 is 1.67 bits per heavy atom. The summed E-state index contributed by atoms with van der Waals surface area (Å²) in [7, 11) is 4.77. The van der Waals surface area contributed by atoms with Crippen LogP contribution in [0.1, 0.15) is 15.9 Å². The molecule has 0 unspecified atom stereocenters. The van der Waals surface area contributed by atoms with E-state index in [1.165, 1.54) is 11.8 Å². The number of pyridine rings is 1. The highest BCUT2D eigenvalue weighted by Crippen LogP contribution is 2.29. The first-order valence-electron chi connectivity index (χ1n) is 8.39. The number of aromatic nitrogens is 1. The number of ketones is 1. The first-order chi connectivity index (χ1) is 13.0. The molecular weight excluding hydrogens is 362 g/mol. The Bertz CT molecular complexity index is 987. The minimum atomic E-state index is -0.0354. The van der Waals surface area contributed by atoms with Crippen molar-refractivity contribution in [3.63, 3.8) is 0 Å². The minimum Gasteiger partial charge on any atom is -0.497 e. The second-order valence-corrected chi connectivity index (χ2v) is 6.91. The summed E-state index contributed by atoms with van der Waals surface area (Å²) < 4.78 is 15.8. The molecule has 0 N–H and O–H groups in total. The van der Waals surface area contributed by atoms with Gasteiger partial charge in [0.2, 0.25) is 0 Å². The van der Waals surface area contributed by atoms with Crippen LogP contribution in [-0.2, 0) is 0 Å². The fourth-order valence-electron chi connectivity index (χ4n) is 2.76. The van der Waals surface area contributed by atoms with Crippen LogP contribution in [0, 0.1) is 6.92 Å². The zero-order valence-corrected chi connectivity index (χ0v) is 16.6. The first kappa shape index (κ1) is 19.0. The number of thioether (sulfide) groups is 1. The Kier molecular flexibility index (Phi) is 5.86. The van der Waals surface area contributed by atoms with Crippen LogP contribution in [0.5, 0.6) is 17.2 Å². The number of benzene rings is 2. The summed E-state index contributed by atoms with van der Waals surface area (Å²) >= 11 is 1.42. The number of Topliss-reactive ketones (excluding diaryl/α,β-unsaturated/α-hetero) is 1. The SMILES string of the molecule is COc1ccc(OC)c(C(=O)CSc2nc3ccc(OC)cc3cc2C)c1. The summed E-state index contributed by atoms with van der Waals surface area (Å²) in [6, 6.07) is 13.0. The standard InChI is InChI=1S/C21H21NO4S/c1-13-9-14-10-15(24-2)5-7-18(14)22-21(13)27-12-19(23)17-11-16(25-3)6-8-20(17)26-4/h5-11H,12H2,1-4H3. The lowest BCUT2D eigenvalue weighted by Gasteiger charge is -2.11. The fourth-order valence-corrected chi connectivity index (χ4v) is 3.63. The molecule has 0 aliphatic carbocycles. The van der Waals surface area contributed by atoms with Crippen molar-refractivity contribution in [2.75, 3.05) is 27.1 Å². The average Bonchev–Trinajstić information content (AvgIpc) is 2.70. The molecule has 1 heterocycles. The molecule has 0 aliphatic heterocycles. The number of methoxy groups -OCH3 is 3. The number of hydrogen-bond donors (Lipinski definition) is 0. The van der Waals surface area contributed by atoms with Gasteiger partial charge in [-0.25, -0.2) is 4.98 Å². The van der Waals surface area contributed by atoms with Gasteiger partial charge in [-0.15, -0.1) is 0 Å². The van der Waals surface area contributed by atoms with Gasteiger partial charge in [-0.1, -0.05) is 11.8 Å². The van der Waals surface area contributed by atoms with Gasteiger partial charge >= 0.3 is 0 Å². The van der Waals surface area contributed by atoms with Crippen molar-refractivity contribution >= 4 is 28.4 Å². The Balaban J connectivity index is 1.82. The van der Waals surface area contributed by atoms with Gasteiger partial charge in [0.25, 0.3) is 0 Å². The van der Waals surface area contributed by atoms with Gasteiger partial charge in [0.15, 0.2) is 5.78 Å². The summed E-state index contributed by atoms with van der Waals surface area (Å²) in [4.78, 5) is 17.4. The van der Waals surface area contributed by atoms with Crippen LogP contribution in [0.2, 0.25) is 0 Å². The van der Waals surface area contributed by atoms with Gasteiger partial charge < -0.3 is 14.2 Å². The van der Waals surface area contributed by atoms with Crippen molar-refractivity contribution in [1.82, 2.24) is 4.98 Å². The molecule has 1 aromatic heterocycles. The third-order valence-corrected chi connectivity index (χ3v) is 5.31. The molecule has 0 saturated heterocycles. The molecule has 0 atom stereocenters. The van der Waals surface area contributed by atoms with E-state index in [2.05, 4.69) is 6.07 Å². The van der Waals surface area contributed by atoms with Gasteiger partial charge in [0.1, 0.15) is 22.3 Å². The third-order valence-electron chi connectivity index (χ3n) is 4.21. The molecule has 0 spiro atoms. The van der Waals surface area contributed by atoms with Crippen LogP contribution >= 0.6 is 11.8 Å². The second kappa shape index (κ2) is 8.31. The smallest absolute Gasteiger partial charge is 0.176 e. The Hall–Kier alpha value is -2.73. The van der Waals surface area contributed by atoms with E-state index in [9.17, 15) is 4.79 Å². The van der Waals surface area contributed by atoms with E-state index in [1.54, 1.807) is 39.5 Å². The van der Waals surface area contributed by atoms with Crippen LogP contribution < -0.4 is 14.2 Å². The Labute approximate surface area is 162 Å². The van der Waals surface area contributed by atoms with E-state index in [-0.39, 0.29) is 11.5 Å². The van der Waals surface area contributed by atoms with Crippen LogP contribution in [0.4, 0.5) is 0 Å². The summed E-state index contributed by atoms with van der Waals surface area (Å²) in [5, 5.41) is 1.85. The maximum absolute atomic E-state index is 12.7. The number of carbonyl (C=O) groups is 1. The molecule has 3 rings (SSSR count). The van der Waals surface area contributed by atoms with Gasteiger partial charge in [0, 0.05) is 5.39 Å². The second-order valence-electron chi connectivity index (χ2n) is 5.95. The van der Waals surface area contributed by atoms with E-state index >= 15 is 0 Å². The summed E-state index contributed by atoms with van der Waals surface area (Å²) in [5.74, 6) is 2.19. The van der Waals surface area contributed by atoms with Crippen molar-refractivity contribution in [1.29, 1.82) is 0 Å². The lowest BCUT2D eigenvalue weighted by Crippen LogP contribution is -2.06. The van der Waals surface area contributed by atoms with Crippen molar-refractivity contribution < 1.29 is 19.0 Å². The van der Waals surface area contributed by atoms with Crippen LogP contribution in [0.15, 0.2) is 47.5 Å². The number of hydrogen-bond acceptors (Lipinski definition) is 6. The molecule has 0 amide bonds. The highest BCUT2D eigenvalue weighted by molar-refractivity contribution is 8.00. The van der Waals surface area contributed by atoms with Crippen LogP contribution in [0.25, 0.3) is 10.9 Å². The van der Waals surface area contributed by atoms with E-state index in [0.717, 1.165) is 27.2 Å². The van der Waals surface area contributed by atoms with Gasteiger partial charge in [0.05, 0.1) is 38.2 Å². The predicted octanol–water partition coefficient (Wildman–Crippen LogP) is 4.54. The first-order valence-corrected chi connectivity index (χ1v) is 9.37. The lowest BCUT2D eigenvalue weighted by molar-refractivity contribution is 0.101. The number of rotatable bonds is 7. The molecule has 2 aromatic carbocycles. The summed E-state index contributed by atoms with van der Waals surface area (Å²) in [6.07, 6.45) is 0. The fraction of sp³-hybridized carbons (Fsp3) is 0.238. The van der Waals surface area contributed by atoms with Crippen LogP contribution in [-0.4, -0.2) is 37.8 Å². The lowest BCUT2D eigenvalue weighted by atomic mass is 10.1. The maximum atomic E-state index is 12.7. The number of fused-ring (bicyclic) bond motifs is 1. The Morgan fingerprint density at radius 3 is 2.37 bits per heavy atom. The molecule has 27 heavy (non-hydrogen) atoms. The molecule has 3 aromatic rings. The van der Waals surface area contributed by atoms with Crippen LogP contribution in [0.3, 0.4) is 0 Å². The van der Waals surface area contributed by atoms with Crippen molar-refractivity contribution in [2.24, 2.45) is 0 Å². The van der Waals surface area contributed by atoms with E-state index < -0.39 is 0 Å². The topological polar surface area (TPSA) is 57.7 Å². The quantitative estimate of drug-likeness (QED) is 0.441. The minimum absolute atomic E-state index is 0.0354. The van der Waals surface area contributed by atoms with Crippen molar-refractivity contribution in [2.45, 2.75) is 11.9 Å². The maximum Gasteiger partial charge on any atom is 0.176 e. The number of ether oxygens (including phenoxy) is 3. The molecule has 140 valence electrons. The molecule has 0 fully saturated rings. The van der Waals surface area contributed by atoms with Crippen molar-refractivity contribution in [3.8, 4) is 17.2 Å². The highest BCUT2D eigenvalue weighted by atomic mass is 32.2. The van der Waals surface area contributed by atoms with Gasteiger partial charge in [-0.3, -0.25) is 4.79 Å². The molecule has 0 aliphatic rings. The van der Waals surface area contributed by atoms with Crippen molar-refractivity contribution in [3.05, 3.63) is 53.6 Å². The van der Waals surface area contributed by atoms with Gasteiger partial charge in [-0.05, 0) is 55.0 Å². The number of carbonyl (C=O) groups excluding carboxylic acids is 1. The summed E-state index contributed by atoms with van der Waals surface area (Å²) in [5.41, 5.74) is 2.40. The molecule has 0 radical (unpaired) electrons. The zero-order valence-electron chi connectivity index (χ0n) is 15.7. The molecule has 6 heteroatoms. The normalized spacial score (nSPS) is 10.7. The molecule has 5 nitrogen and oxygen atoms in total. The van der Waals surface area contributed by atoms with E-state index in [0.29, 0.717) is 17.1 Å².